The zero-order valence-corrected chi connectivity index (χ0v) is 12.9. The summed E-state index contributed by atoms with van der Waals surface area (Å²) in [4.78, 5) is 1.07. The van der Waals surface area contributed by atoms with Crippen molar-refractivity contribution in [2.75, 3.05) is 6.54 Å². The number of H-pyrrole nitrogens is 1. The fourth-order valence-electron chi connectivity index (χ4n) is 2.30. The van der Waals surface area contributed by atoms with Gasteiger partial charge in [0, 0.05) is 30.3 Å². The minimum absolute atomic E-state index is 0.0737. The van der Waals surface area contributed by atoms with Gasteiger partial charge in [-0.25, -0.2) is 8.78 Å². The van der Waals surface area contributed by atoms with Crippen molar-refractivity contribution in [3.05, 3.63) is 64.7 Å². The number of halogens is 2. The molecule has 7 heteroatoms. The number of nitrogens with zero attached hydrogens (tertiary/aromatic N) is 1. The third-order valence-electron chi connectivity index (χ3n) is 3.46. The van der Waals surface area contributed by atoms with Gasteiger partial charge in [0.25, 0.3) is 0 Å². The molecule has 0 aliphatic heterocycles. The first-order valence-corrected chi connectivity index (χ1v) is 7.93. The van der Waals surface area contributed by atoms with Crippen LogP contribution in [0.2, 0.25) is 0 Å². The lowest BCUT2D eigenvalue weighted by Crippen LogP contribution is -2.21. The maximum absolute atomic E-state index is 13.6. The van der Waals surface area contributed by atoms with Gasteiger partial charge in [0.15, 0.2) is 0 Å². The van der Waals surface area contributed by atoms with Gasteiger partial charge in [-0.1, -0.05) is 12.1 Å². The van der Waals surface area contributed by atoms with E-state index in [4.69, 9.17) is 0 Å². The first kappa shape index (κ1) is 15.8. The molecule has 1 aromatic carbocycles. The van der Waals surface area contributed by atoms with E-state index in [1.807, 2.05) is 17.5 Å². The van der Waals surface area contributed by atoms with Gasteiger partial charge in [-0.05, 0) is 17.5 Å². The molecular formula is C16H15F2N3OS. The molecule has 120 valence electrons. The molecule has 0 bridgehead atoms. The normalized spacial score (nSPS) is 12.5. The van der Waals surface area contributed by atoms with Crippen LogP contribution >= 0.6 is 11.3 Å². The molecule has 3 N–H and O–H groups in total. The molecule has 2 heterocycles. The molecule has 3 rings (SSSR count). The quantitative estimate of drug-likeness (QED) is 0.648. The van der Waals surface area contributed by atoms with Gasteiger partial charge in [-0.3, -0.25) is 5.10 Å². The molecule has 3 aromatic rings. The van der Waals surface area contributed by atoms with Crippen LogP contribution in [0.15, 0.2) is 41.9 Å². The van der Waals surface area contributed by atoms with E-state index in [2.05, 4.69) is 15.5 Å². The van der Waals surface area contributed by atoms with Crippen LogP contribution in [0.4, 0.5) is 8.78 Å². The summed E-state index contributed by atoms with van der Waals surface area (Å²) in [6.07, 6.45) is 0.667. The van der Waals surface area contributed by atoms with Crippen molar-refractivity contribution in [3.63, 3.8) is 0 Å². The number of hydrogen-bond donors (Lipinski definition) is 3. The average molecular weight is 335 g/mol. The van der Waals surface area contributed by atoms with Crippen LogP contribution in [0.5, 0.6) is 0 Å². The molecular weight excluding hydrogens is 320 g/mol. The molecule has 23 heavy (non-hydrogen) atoms. The number of hydrogen-bond acceptors (Lipinski definition) is 4. The molecule has 0 saturated carbocycles. The average Bonchev–Trinajstić information content (AvgIpc) is 3.17. The maximum Gasteiger partial charge on any atom is 0.131 e. The van der Waals surface area contributed by atoms with E-state index >= 15 is 0 Å². The summed E-state index contributed by atoms with van der Waals surface area (Å²) in [7, 11) is 0. The van der Waals surface area contributed by atoms with Crippen molar-refractivity contribution in [1.82, 2.24) is 15.5 Å². The molecule has 0 radical (unpaired) electrons. The highest BCUT2D eigenvalue weighted by molar-refractivity contribution is 7.13. The van der Waals surface area contributed by atoms with Gasteiger partial charge in [0.2, 0.25) is 0 Å². The molecule has 4 nitrogen and oxygen atoms in total. The Bertz CT molecular complexity index is 773. The lowest BCUT2D eigenvalue weighted by molar-refractivity contribution is 0.169. The number of benzene rings is 1. The van der Waals surface area contributed by atoms with Gasteiger partial charge < -0.3 is 10.4 Å². The fraction of sp³-hybridized carbons (Fsp3) is 0.188. The Hall–Kier alpha value is -2.09. The molecule has 0 fully saturated rings. The van der Waals surface area contributed by atoms with Gasteiger partial charge in [0.05, 0.1) is 22.9 Å². The molecule has 0 spiro atoms. The Balaban J connectivity index is 1.61. The van der Waals surface area contributed by atoms with E-state index in [0.717, 1.165) is 28.3 Å². The highest BCUT2D eigenvalue weighted by Gasteiger charge is 2.14. The number of aromatic amines is 1. The van der Waals surface area contributed by atoms with E-state index in [1.165, 1.54) is 6.07 Å². The Morgan fingerprint density at radius 1 is 1.30 bits per heavy atom. The van der Waals surface area contributed by atoms with Gasteiger partial charge in [-0.15, -0.1) is 11.3 Å². The fourth-order valence-corrected chi connectivity index (χ4v) is 3.06. The molecule has 0 saturated heterocycles. The van der Waals surface area contributed by atoms with Crippen molar-refractivity contribution >= 4 is 11.3 Å². The summed E-state index contributed by atoms with van der Waals surface area (Å²) in [6, 6.07) is 7.10. The maximum atomic E-state index is 13.6. The van der Waals surface area contributed by atoms with Crippen LogP contribution in [-0.4, -0.2) is 21.8 Å². The summed E-state index contributed by atoms with van der Waals surface area (Å²) in [6.45, 7) is 0.626. The smallest absolute Gasteiger partial charge is 0.131 e. The molecule has 1 atom stereocenters. The highest BCUT2D eigenvalue weighted by atomic mass is 32.1. The van der Waals surface area contributed by atoms with E-state index in [0.29, 0.717) is 6.54 Å². The zero-order chi connectivity index (χ0) is 16.2. The molecule has 0 unspecified atom stereocenters. The van der Waals surface area contributed by atoms with Crippen molar-refractivity contribution in [1.29, 1.82) is 0 Å². The van der Waals surface area contributed by atoms with Gasteiger partial charge in [-0.2, -0.15) is 5.10 Å². The first-order chi connectivity index (χ1) is 11.1. The van der Waals surface area contributed by atoms with Crippen LogP contribution in [0.25, 0.3) is 10.6 Å². The second-order valence-corrected chi connectivity index (χ2v) is 6.01. The Kier molecular flexibility index (Phi) is 4.80. The van der Waals surface area contributed by atoms with Gasteiger partial charge >= 0.3 is 0 Å². The number of rotatable bonds is 6. The Labute approximate surface area is 135 Å². The zero-order valence-electron chi connectivity index (χ0n) is 12.1. The van der Waals surface area contributed by atoms with Crippen LogP contribution in [0.1, 0.15) is 17.2 Å². The van der Waals surface area contributed by atoms with Crippen molar-refractivity contribution in [2.24, 2.45) is 0 Å². The predicted molar refractivity (Wildman–Crippen MR) is 84.9 cm³/mol. The number of aromatic nitrogens is 2. The van der Waals surface area contributed by atoms with E-state index in [1.54, 1.807) is 17.5 Å². The van der Waals surface area contributed by atoms with Crippen molar-refractivity contribution in [2.45, 2.75) is 12.6 Å². The molecule has 0 aliphatic carbocycles. The van der Waals surface area contributed by atoms with E-state index < -0.39 is 17.7 Å². The molecule has 0 amide bonds. The summed E-state index contributed by atoms with van der Waals surface area (Å²) in [5.41, 5.74) is 1.96. The minimum atomic E-state index is -1.05. The minimum Gasteiger partial charge on any atom is -0.387 e. The Morgan fingerprint density at radius 3 is 2.91 bits per heavy atom. The first-order valence-electron chi connectivity index (χ1n) is 7.05. The van der Waals surface area contributed by atoms with Gasteiger partial charge in [0.1, 0.15) is 11.6 Å². The number of aliphatic hydroxyl groups excluding tert-OH is 1. The molecule has 2 aromatic heterocycles. The van der Waals surface area contributed by atoms with E-state index in [-0.39, 0.29) is 12.1 Å². The van der Waals surface area contributed by atoms with Crippen LogP contribution in [-0.2, 0) is 6.54 Å². The summed E-state index contributed by atoms with van der Waals surface area (Å²) in [5, 5.41) is 22.1. The number of aliphatic hydroxyl groups is 1. The summed E-state index contributed by atoms with van der Waals surface area (Å²) >= 11 is 1.60. The largest absolute Gasteiger partial charge is 0.387 e. The second-order valence-electron chi connectivity index (χ2n) is 5.06. The second kappa shape index (κ2) is 6.99. The summed E-state index contributed by atoms with van der Waals surface area (Å²) < 4.78 is 26.5. The third kappa shape index (κ3) is 3.64. The van der Waals surface area contributed by atoms with Crippen LogP contribution < -0.4 is 5.32 Å². The van der Waals surface area contributed by atoms with Crippen molar-refractivity contribution in [3.8, 4) is 10.6 Å². The predicted octanol–water partition coefficient (Wildman–Crippen LogP) is 3.24. The van der Waals surface area contributed by atoms with Crippen LogP contribution in [0.3, 0.4) is 0 Å². The number of thiophene rings is 1. The summed E-state index contributed by atoms with van der Waals surface area (Å²) in [5.74, 6) is -1.41. The number of nitrogens with one attached hydrogen (secondary N) is 2. The molecule has 0 aliphatic rings. The van der Waals surface area contributed by atoms with E-state index in [9.17, 15) is 13.9 Å². The standard InChI is InChI=1S/C16H15F2N3OS/c17-11-3-4-12(13(18)6-11)14(22)9-19-7-10-8-20-21-16(10)15-2-1-5-23-15/h1-6,8,14,19,22H,7,9H2,(H,20,21)/t14-/m1/s1. The lowest BCUT2D eigenvalue weighted by atomic mass is 10.1. The SMILES string of the molecule is O[C@H](CNCc1cn[nH]c1-c1cccs1)c1ccc(F)cc1F. The monoisotopic (exact) mass is 335 g/mol. The third-order valence-corrected chi connectivity index (χ3v) is 4.35. The Morgan fingerprint density at radius 2 is 2.17 bits per heavy atom. The highest BCUT2D eigenvalue weighted by Crippen LogP contribution is 2.25. The van der Waals surface area contributed by atoms with Crippen LogP contribution in [0, 0.1) is 11.6 Å². The lowest BCUT2D eigenvalue weighted by Gasteiger charge is -2.13. The van der Waals surface area contributed by atoms with Crippen molar-refractivity contribution < 1.29 is 13.9 Å². The topological polar surface area (TPSA) is 60.9 Å².